The summed E-state index contributed by atoms with van der Waals surface area (Å²) in [6, 6.07) is 9.80. The highest BCUT2D eigenvalue weighted by atomic mass is 35.5. The number of nitrogens with one attached hydrogen (secondary N) is 2. The van der Waals surface area contributed by atoms with Gasteiger partial charge in [-0.15, -0.1) is 0 Å². The molecular weight excluding hydrogens is 489 g/mol. The molecule has 0 saturated carbocycles. The number of fused-ring (bicyclic) bond motifs is 1. The number of nitrogens with two attached hydrogens (primary N) is 1. The van der Waals surface area contributed by atoms with E-state index in [0.717, 1.165) is 33.3 Å². The smallest absolute Gasteiger partial charge is 0.313 e. The van der Waals surface area contributed by atoms with E-state index in [2.05, 4.69) is 0 Å². The minimum Gasteiger partial charge on any atom is -0.426 e. The van der Waals surface area contributed by atoms with Gasteiger partial charge in [0.15, 0.2) is 0 Å². The second-order valence-electron chi connectivity index (χ2n) is 9.30. The Kier molecular flexibility index (Phi) is 6.51. The van der Waals surface area contributed by atoms with Gasteiger partial charge in [0.05, 0.1) is 25.3 Å². The number of carbonyl (C=O) groups is 1. The van der Waals surface area contributed by atoms with Gasteiger partial charge in [-0.25, -0.2) is 0 Å². The Morgan fingerprint density at radius 3 is 2.62 bits per heavy atom. The maximum Gasteiger partial charge on any atom is 0.313 e. The van der Waals surface area contributed by atoms with Gasteiger partial charge >= 0.3 is 5.97 Å². The molecule has 2 aromatic rings. The molecule has 187 valence electrons. The molecule has 37 heavy (non-hydrogen) atoms. The molecule has 4 N–H and O–H groups in total. The molecular formula is C27H26BClN5O3. The van der Waals surface area contributed by atoms with Gasteiger partial charge in [-0.3, -0.25) is 25.5 Å². The van der Waals surface area contributed by atoms with Gasteiger partial charge in [-0.1, -0.05) is 41.7 Å². The number of hydrogen-bond donors (Lipinski definition) is 3. The van der Waals surface area contributed by atoms with E-state index >= 15 is 0 Å². The standard InChI is InChI=1S/C27H26BClN5O3/c1-13-14(2)28-26-24(13)25(16-4-6-17(29)7-5-16)33-21(27(32)34(26)15(3)30)10-23(35)37-22-9-8-20(31)18-11-36-12-19(18)22/h4-9,21,30,32H,10-12,31H2,1-3H3/t21-/m0/s1. The lowest BCUT2D eigenvalue weighted by Gasteiger charge is -2.27. The summed E-state index contributed by atoms with van der Waals surface area (Å²) in [7, 11) is 1.96. The van der Waals surface area contributed by atoms with E-state index in [1.165, 1.54) is 0 Å². The second kappa shape index (κ2) is 9.65. The molecule has 0 aromatic heterocycles. The highest BCUT2D eigenvalue weighted by Gasteiger charge is 2.37. The third kappa shape index (κ3) is 4.49. The van der Waals surface area contributed by atoms with Crippen LogP contribution in [0.25, 0.3) is 0 Å². The molecule has 2 aromatic carbocycles. The van der Waals surface area contributed by atoms with Crippen LogP contribution in [0.3, 0.4) is 0 Å². The van der Waals surface area contributed by atoms with Crippen molar-refractivity contribution >= 4 is 47.9 Å². The minimum absolute atomic E-state index is 0.0329. The molecule has 1 radical (unpaired) electrons. The first-order valence-electron chi connectivity index (χ1n) is 11.9. The summed E-state index contributed by atoms with van der Waals surface area (Å²) in [5.74, 6) is 0.0586. The van der Waals surface area contributed by atoms with Crippen LogP contribution in [0.4, 0.5) is 5.69 Å². The van der Waals surface area contributed by atoms with Gasteiger partial charge in [0.1, 0.15) is 23.5 Å². The Labute approximate surface area is 221 Å². The van der Waals surface area contributed by atoms with Crippen molar-refractivity contribution in [1.29, 1.82) is 10.8 Å². The van der Waals surface area contributed by atoms with Crippen molar-refractivity contribution in [2.24, 2.45) is 4.99 Å². The van der Waals surface area contributed by atoms with E-state index in [0.29, 0.717) is 41.0 Å². The number of halogens is 1. The maximum absolute atomic E-state index is 13.2. The third-order valence-electron chi connectivity index (χ3n) is 6.85. The molecule has 3 heterocycles. The molecule has 0 unspecified atom stereocenters. The molecule has 0 bridgehead atoms. The summed E-state index contributed by atoms with van der Waals surface area (Å²) in [5.41, 5.74) is 13.2. The molecule has 0 saturated heterocycles. The Balaban J connectivity index is 1.54. The van der Waals surface area contributed by atoms with Crippen molar-refractivity contribution in [3.8, 4) is 5.75 Å². The fraction of sp³-hybridized carbons (Fsp3) is 0.259. The number of nitrogen functional groups attached to an aromatic ring is 1. The number of anilines is 1. The highest BCUT2D eigenvalue weighted by molar-refractivity contribution is 6.58. The number of allylic oxidation sites excluding steroid dienone is 3. The number of esters is 1. The first kappa shape index (κ1) is 25.0. The number of ether oxygens (including phenoxy) is 2. The topological polar surface area (TPSA) is 125 Å². The van der Waals surface area contributed by atoms with E-state index in [4.69, 9.17) is 42.6 Å². The number of benzene rings is 2. The van der Waals surface area contributed by atoms with Crippen LogP contribution < -0.4 is 10.5 Å². The Morgan fingerprint density at radius 2 is 1.92 bits per heavy atom. The fourth-order valence-corrected chi connectivity index (χ4v) is 4.96. The fourth-order valence-electron chi connectivity index (χ4n) is 4.83. The van der Waals surface area contributed by atoms with Crippen LogP contribution in [-0.2, 0) is 22.7 Å². The van der Waals surface area contributed by atoms with Crippen molar-refractivity contribution in [1.82, 2.24) is 4.90 Å². The molecule has 3 aliphatic heterocycles. The van der Waals surface area contributed by atoms with E-state index in [1.54, 1.807) is 36.1 Å². The molecule has 0 aliphatic carbocycles. The van der Waals surface area contributed by atoms with E-state index in [-0.39, 0.29) is 18.1 Å². The zero-order chi connectivity index (χ0) is 26.4. The zero-order valence-corrected chi connectivity index (χ0v) is 21.6. The molecule has 1 atom stereocenters. The third-order valence-corrected chi connectivity index (χ3v) is 7.10. The summed E-state index contributed by atoms with van der Waals surface area (Å²) in [5, 5.41) is 18.1. The Morgan fingerprint density at radius 1 is 1.22 bits per heavy atom. The van der Waals surface area contributed by atoms with Gasteiger partial charge in [0.25, 0.3) is 0 Å². The number of rotatable bonds is 4. The normalized spacial score (nSPS) is 18.8. The number of aliphatic imine (C=N–C) groups is 1. The number of nitrogens with zero attached hydrogens (tertiary/aromatic N) is 2. The molecule has 0 spiro atoms. The molecule has 0 fully saturated rings. The van der Waals surface area contributed by atoms with Crippen LogP contribution in [0, 0.1) is 10.8 Å². The summed E-state index contributed by atoms with van der Waals surface area (Å²) < 4.78 is 11.2. The van der Waals surface area contributed by atoms with E-state index < -0.39 is 12.0 Å². The van der Waals surface area contributed by atoms with Crippen molar-refractivity contribution in [3.63, 3.8) is 0 Å². The molecule has 5 rings (SSSR count). The van der Waals surface area contributed by atoms with Crippen LogP contribution in [-0.4, -0.2) is 41.6 Å². The lowest BCUT2D eigenvalue weighted by Crippen LogP contribution is -2.41. The maximum atomic E-state index is 13.2. The quantitative estimate of drug-likeness (QED) is 0.137. The van der Waals surface area contributed by atoms with Crippen LogP contribution in [0.15, 0.2) is 63.6 Å². The summed E-state index contributed by atoms with van der Waals surface area (Å²) >= 11 is 6.14. The van der Waals surface area contributed by atoms with Gasteiger partial charge in [-0.05, 0) is 43.7 Å². The van der Waals surface area contributed by atoms with Crippen LogP contribution in [0.2, 0.25) is 5.02 Å². The average molecular weight is 515 g/mol. The molecule has 10 heteroatoms. The highest BCUT2D eigenvalue weighted by Crippen LogP contribution is 2.36. The van der Waals surface area contributed by atoms with Crippen LogP contribution in [0.5, 0.6) is 5.75 Å². The van der Waals surface area contributed by atoms with Gasteiger partial charge < -0.3 is 15.2 Å². The predicted octanol–water partition coefficient (Wildman–Crippen LogP) is 4.62. The van der Waals surface area contributed by atoms with E-state index in [1.807, 2.05) is 33.3 Å². The zero-order valence-electron chi connectivity index (χ0n) is 20.8. The Bertz CT molecular complexity index is 1440. The summed E-state index contributed by atoms with van der Waals surface area (Å²) in [6.07, 6.45) is -0.179. The lowest BCUT2D eigenvalue weighted by atomic mass is 9.69. The first-order chi connectivity index (χ1) is 17.7. The largest absolute Gasteiger partial charge is 0.426 e. The second-order valence-corrected chi connectivity index (χ2v) is 9.74. The summed E-state index contributed by atoms with van der Waals surface area (Å²) in [4.78, 5) is 19.7. The average Bonchev–Trinajstić information content (AvgIpc) is 3.42. The number of carbonyl (C=O) groups excluding carboxylic acids is 1. The SMILES string of the molecule is CC(=N)N1C(=N)[C@H](CC(=O)Oc2ccc(N)c3c2COC3)N=C(c2ccc(Cl)cc2)C2=C1[B]C(C)=C2C. The first-order valence-corrected chi connectivity index (χ1v) is 12.3. The van der Waals surface area contributed by atoms with Gasteiger partial charge in [0, 0.05) is 33.0 Å². The molecule has 8 nitrogen and oxygen atoms in total. The van der Waals surface area contributed by atoms with Crippen LogP contribution in [0.1, 0.15) is 43.9 Å². The Hall–Kier alpha value is -3.69. The summed E-state index contributed by atoms with van der Waals surface area (Å²) in [6.45, 7) is 6.31. The van der Waals surface area contributed by atoms with Gasteiger partial charge in [0.2, 0.25) is 7.28 Å². The van der Waals surface area contributed by atoms with Crippen molar-refractivity contribution < 1.29 is 14.3 Å². The number of amidine groups is 2. The minimum atomic E-state index is -0.872. The molecule has 0 amide bonds. The van der Waals surface area contributed by atoms with E-state index in [9.17, 15) is 4.79 Å². The lowest BCUT2D eigenvalue weighted by molar-refractivity contribution is -0.134. The number of hydrogen-bond acceptors (Lipinski definition) is 7. The van der Waals surface area contributed by atoms with Crippen molar-refractivity contribution in [2.75, 3.05) is 5.73 Å². The molecule has 3 aliphatic rings. The van der Waals surface area contributed by atoms with Crippen molar-refractivity contribution in [2.45, 2.75) is 46.4 Å². The van der Waals surface area contributed by atoms with Gasteiger partial charge in [-0.2, -0.15) is 0 Å². The van der Waals surface area contributed by atoms with Crippen LogP contribution >= 0.6 is 11.6 Å². The monoisotopic (exact) mass is 514 g/mol. The van der Waals surface area contributed by atoms with Crippen molar-refractivity contribution in [3.05, 3.63) is 80.3 Å². The predicted molar refractivity (Wildman–Crippen MR) is 145 cm³/mol.